The lowest BCUT2D eigenvalue weighted by Gasteiger charge is -2.43. The molecule has 3 aromatic carbocycles. The van der Waals surface area contributed by atoms with Crippen LogP contribution in [-0.2, 0) is 7.05 Å². The summed E-state index contributed by atoms with van der Waals surface area (Å²) in [6.45, 7) is 12.5. The number of rotatable bonds is 4. The third kappa shape index (κ3) is 5.21. The van der Waals surface area contributed by atoms with Crippen LogP contribution in [0.3, 0.4) is 0 Å². The summed E-state index contributed by atoms with van der Waals surface area (Å²) >= 11 is 6.55. The SMILES string of the molecule is Cc1ccc(-c2cc(F)cc(-c3ccc(-n4ccn(C)c4=O)c(Cl)c3)c2O)cc1N1CCN(C(C)(C)C)CC1. The fraction of sp³-hybridized carbons (Fsp3) is 0.323. The Morgan fingerprint density at radius 1 is 0.872 bits per heavy atom. The molecule has 5 rings (SSSR count). The van der Waals surface area contributed by atoms with E-state index in [1.807, 2.05) is 18.2 Å². The second-order valence-electron chi connectivity index (χ2n) is 11.2. The minimum Gasteiger partial charge on any atom is -0.507 e. The Hall–Kier alpha value is -3.55. The highest BCUT2D eigenvalue weighted by molar-refractivity contribution is 6.32. The van der Waals surface area contributed by atoms with Gasteiger partial charge in [0, 0.05) is 68.0 Å². The summed E-state index contributed by atoms with van der Waals surface area (Å²) < 4.78 is 17.9. The molecule has 0 aliphatic carbocycles. The Morgan fingerprint density at radius 3 is 2.05 bits per heavy atom. The lowest BCUT2D eigenvalue weighted by Crippen LogP contribution is -2.53. The van der Waals surface area contributed by atoms with Gasteiger partial charge in [-0.15, -0.1) is 0 Å². The van der Waals surface area contributed by atoms with E-state index in [0.29, 0.717) is 27.4 Å². The highest BCUT2D eigenvalue weighted by Gasteiger charge is 2.27. The normalized spacial score (nSPS) is 14.7. The first-order valence-corrected chi connectivity index (χ1v) is 13.5. The molecule has 0 saturated carbocycles. The third-order valence-corrected chi connectivity index (χ3v) is 7.93. The lowest BCUT2D eigenvalue weighted by atomic mass is 9.95. The highest BCUT2D eigenvalue weighted by atomic mass is 35.5. The number of halogens is 2. The summed E-state index contributed by atoms with van der Waals surface area (Å²) in [4.78, 5) is 17.2. The minimum atomic E-state index is -0.460. The molecule has 1 aromatic heterocycles. The molecular formula is C31H34ClFN4O2. The van der Waals surface area contributed by atoms with Crippen LogP contribution in [0.4, 0.5) is 10.1 Å². The molecule has 1 saturated heterocycles. The van der Waals surface area contributed by atoms with Gasteiger partial charge in [-0.1, -0.05) is 29.8 Å². The largest absolute Gasteiger partial charge is 0.507 e. The van der Waals surface area contributed by atoms with E-state index in [9.17, 15) is 14.3 Å². The van der Waals surface area contributed by atoms with Gasteiger partial charge in [-0.05, 0) is 74.7 Å². The number of nitrogens with zero attached hydrogens (tertiary/aromatic N) is 4. The van der Waals surface area contributed by atoms with Crippen molar-refractivity contribution in [2.45, 2.75) is 33.2 Å². The van der Waals surface area contributed by atoms with E-state index in [2.05, 4.69) is 37.5 Å². The van der Waals surface area contributed by atoms with Gasteiger partial charge in [-0.3, -0.25) is 9.47 Å². The molecule has 1 N–H and O–H groups in total. The summed E-state index contributed by atoms with van der Waals surface area (Å²) in [6, 6.07) is 13.7. The van der Waals surface area contributed by atoms with Crippen molar-refractivity contribution in [1.82, 2.24) is 14.0 Å². The maximum Gasteiger partial charge on any atom is 0.332 e. The molecule has 6 nitrogen and oxygen atoms in total. The molecule has 0 unspecified atom stereocenters. The number of piperazine rings is 1. The van der Waals surface area contributed by atoms with Gasteiger partial charge < -0.3 is 14.6 Å². The van der Waals surface area contributed by atoms with Crippen LogP contribution in [0, 0.1) is 12.7 Å². The van der Waals surface area contributed by atoms with Crippen LogP contribution in [0.2, 0.25) is 5.02 Å². The molecule has 1 fully saturated rings. The Morgan fingerprint density at radius 2 is 1.49 bits per heavy atom. The molecule has 0 spiro atoms. The van der Waals surface area contributed by atoms with Crippen LogP contribution in [0.1, 0.15) is 26.3 Å². The zero-order valence-electron chi connectivity index (χ0n) is 23.0. The van der Waals surface area contributed by atoms with E-state index < -0.39 is 5.82 Å². The van der Waals surface area contributed by atoms with Crippen molar-refractivity contribution in [3.63, 3.8) is 0 Å². The molecule has 39 heavy (non-hydrogen) atoms. The van der Waals surface area contributed by atoms with Crippen LogP contribution in [0.5, 0.6) is 5.75 Å². The van der Waals surface area contributed by atoms with Crippen molar-refractivity contribution in [3.05, 3.63) is 87.8 Å². The maximum atomic E-state index is 15.0. The first kappa shape index (κ1) is 27.0. The zero-order valence-corrected chi connectivity index (χ0v) is 23.8. The molecular weight excluding hydrogens is 515 g/mol. The van der Waals surface area contributed by atoms with Crippen LogP contribution < -0.4 is 10.6 Å². The number of aromatic hydroxyl groups is 1. The Balaban J connectivity index is 1.50. The molecule has 1 aliphatic heterocycles. The van der Waals surface area contributed by atoms with Gasteiger partial charge in [-0.2, -0.15) is 0 Å². The first-order valence-electron chi connectivity index (χ1n) is 13.1. The number of benzene rings is 3. The third-order valence-electron chi connectivity index (χ3n) is 7.63. The molecule has 0 amide bonds. The quantitative estimate of drug-likeness (QED) is 0.328. The second-order valence-corrected chi connectivity index (χ2v) is 11.6. The Bertz CT molecular complexity index is 1590. The number of anilines is 1. The van der Waals surface area contributed by atoms with Crippen molar-refractivity contribution >= 4 is 17.3 Å². The van der Waals surface area contributed by atoms with Crippen LogP contribution in [0.15, 0.2) is 65.7 Å². The first-order chi connectivity index (χ1) is 18.4. The van der Waals surface area contributed by atoms with Gasteiger partial charge in [0.1, 0.15) is 11.6 Å². The fourth-order valence-electron chi connectivity index (χ4n) is 5.29. The van der Waals surface area contributed by atoms with Gasteiger partial charge in [0.2, 0.25) is 0 Å². The zero-order chi connectivity index (χ0) is 28.1. The van der Waals surface area contributed by atoms with Crippen molar-refractivity contribution in [1.29, 1.82) is 0 Å². The number of aromatic nitrogens is 2. The minimum absolute atomic E-state index is 0.0237. The van der Waals surface area contributed by atoms with Gasteiger partial charge in [0.05, 0.1) is 10.7 Å². The standard InChI is InChI=1S/C31H34ClFN4O2/c1-20-6-7-22(17-28(20)35-11-13-36(14-12-35)31(2,3)4)25-19-23(33)18-24(29(25)38)21-8-9-27(26(32)16-21)37-15-10-34(5)30(37)39/h6-10,15-19,38H,11-14H2,1-5H3. The molecule has 4 aromatic rings. The Labute approximate surface area is 233 Å². The van der Waals surface area contributed by atoms with E-state index >= 15 is 0 Å². The van der Waals surface area contributed by atoms with Crippen molar-refractivity contribution < 1.29 is 9.50 Å². The van der Waals surface area contributed by atoms with Crippen molar-refractivity contribution in [2.24, 2.45) is 7.05 Å². The number of hydrogen-bond donors (Lipinski definition) is 1. The fourth-order valence-corrected chi connectivity index (χ4v) is 5.56. The second kappa shape index (κ2) is 10.2. The Kier molecular flexibility index (Phi) is 7.08. The van der Waals surface area contributed by atoms with E-state index in [0.717, 1.165) is 43.0 Å². The monoisotopic (exact) mass is 548 g/mol. The smallest absolute Gasteiger partial charge is 0.332 e. The van der Waals surface area contributed by atoms with E-state index in [-0.39, 0.29) is 17.0 Å². The summed E-state index contributed by atoms with van der Waals surface area (Å²) in [5, 5.41) is 11.7. The molecule has 0 bridgehead atoms. The number of aryl methyl sites for hydroxylation is 2. The molecule has 8 heteroatoms. The van der Waals surface area contributed by atoms with Gasteiger partial charge >= 0.3 is 5.69 Å². The van der Waals surface area contributed by atoms with Gasteiger partial charge in [-0.25, -0.2) is 9.18 Å². The van der Waals surface area contributed by atoms with Gasteiger partial charge in [0.25, 0.3) is 0 Å². The van der Waals surface area contributed by atoms with Crippen molar-refractivity contribution in [3.8, 4) is 33.7 Å². The molecule has 204 valence electrons. The maximum absolute atomic E-state index is 15.0. The number of hydrogen-bond acceptors (Lipinski definition) is 4. The van der Waals surface area contributed by atoms with E-state index in [1.165, 1.54) is 21.3 Å². The molecule has 2 heterocycles. The summed E-state index contributed by atoms with van der Waals surface area (Å²) in [6.07, 6.45) is 3.29. The predicted octanol–water partition coefficient (Wildman–Crippen LogP) is 6.24. The summed E-state index contributed by atoms with van der Waals surface area (Å²) in [7, 11) is 1.66. The van der Waals surface area contributed by atoms with E-state index in [4.69, 9.17) is 11.6 Å². The summed E-state index contributed by atoms with van der Waals surface area (Å²) in [5.74, 6) is -0.484. The van der Waals surface area contributed by atoms with Crippen LogP contribution in [-0.4, -0.2) is 50.9 Å². The van der Waals surface area contributed by atoms with Crippen molar-refractivity contribution in [2.75, 3.05) is 31.1 Å². The number of phenolic OH excluding ortho intramolecular Hbond substituents is 1. The molecule has 0 radical (unpaired) electrons. The van der Waals surface area contributed by atoms with E-state index in [1.54, 1.807) is 37.6 Å². The van der Waals surface area contributed by atoms with Crippen LogP contribution in [0.25, 0.3) is 27.9 Å². The molecule has 0 atom stereocenters. The van der Waals surface area contributed by atoms with Gasteiger partial charge in [0.15, 0.2) is 0 Å². The molecule has 1 aliphatic rings. The van der Waals surface area contributed by atoms with Crippen LogP contribution >= 0.6 is 11.6 Å². The summed E-state index contributed by atoms with van der Waals surface area (Å²) in [5.41, 5.74) is 4.68. The lowest BCUT2D eigenvalue weighted by molar-refractivity contribution is 0.128. The average Bonchev–Trinajstić information content (AvgIpc) is 3.22. The topological polar surface area (TPSA) is 53.6 Å². The highest BCUT2D eigenvalue weighted by Crippen LogP contribution is 2.41. The predicted molar refractivity (Wildman–Crippen MR) is 157 cm³/mol. The average molecular weight is 549 g/mol. The number of phenols is 1. The number of imidazole rings is 1.